The lowest BCUT2D eigenvalue weighted by Gasteiger charge is -2.10. The van der Waals surface area contributed by atoms with E-state index in [0.717, 1.165) is 6.42 Å². The monoisotopic (exact) mass is 306 g/mol. The lowest BCUT2D eigenvalue weighted by molar-refractivity contribution is 0.355. The van der Waals surface area contributed by atoms with Crippen molar-refractivity contribution in [2.24, 2.45) is 5.92 Å². The summed E-state index contributed by atoms with van der Waals surface area (Å²) in [5.74, 6) is 0.535. The zero-order valence-electron chi connectivity index (χ0n) is 12.5. The van der Waals surface area contributed by atoms with Crippen molar-refractivity contribution in [1.29, 1.82) is 0 Å². The molecular formula is C16H19FN2O3. The minimum atomic E-state index is -1.43. The first-order valence-electron chi connectivity index (χ1n) is 7.75. The Labute approximate surface area is 126 Å². The Morgan fingerprint density at radius 3 is 2.82 bits per heavy atom. The molecule has 0 bridgehead atoms. The molecule has 118 valence electrons. The van der Waals surface area contributed by atoms with Gasteiger partial charge in [0.05, 0.1) is 0 Å². The average molecular weight is 306 g/mol. The molecule has 1 N–H and O–H groups in total. The van der Waals surface area contributed by atoms with Gasteiger partial charge < -0.3 is 9.40 Å². The van der Waals surface area contributed by atoms with E-state index in [1.54, 1.807) is 0 Å². The zero-order valence-corrected chi connectivity index (χ0v) is 12.5. The second-order valence-electron chi connectivity index (χ2n) is 6.03. The fraction of sp³-hybridized carbons (Fsp3) is 0.562. The molecule has 1 aliphatic carbocycles. The van der Waals surface area contributed by atoms with E-state index in [1.165, 1.54) is 38.7 Å². The number of aromatic amines is 1. The lowest BCUT2D eigenvalue weighted by atomic mass is 9.97. The van der Waals surface area contributed by atoms with Crippen molar-refractivity contribution in [3.05, 3.63) is 38.2 Å². The van der Waals surface area contributed by atoms with Gasteiger partial charge in [0.2, 0.25) is 5.71 Å². The molecule has 0 spiro atoms. The van der Waals surface area contributed by atoms with Crippen molar-refractivity contribution in [3.8, 4) is 0 Å². The number of aryl methyl sites for hydroxylation is 1. The first-order valence-corrected chi connectivity index (χ1v) is 7.75. The number of fused-ring (bicyclic) bond motifs is 1. The van der Waals surface area contributed by atoms with Crippen LogP contribution in [0, 0.1) is 5.92 Å². The first-order chi connectivity index (χ1) is 10.5. The van der Waals surface area contributed by atoms with E-state index in [1.807, 2.05) is 0 Å². The van der Waals surface area contributed by atoms with Crippen molar-refractivity contribution in [2.75, 3.05) is 0 Å². The number of nitrogens with zero attached hydrogens (tertiary/aromatic N) is 1. The van der Waals surface area contributed by atoms with Crippen molar-refractivity contribution < 1.29 is 8.81 Å². The molecule has 2 heterocycles. The maximum Gasteiger partial charge on any atom is 0.337 e. The number of rotatable bonds is 4. The number of hydrogen-bond acceptors (Lipinski definition) is 4. The quantitative estimate of drug-likeness (QED) is 0.942. The van der Waals surface area contributed by atoms with Crippen LogP contribution in [0.2, 0.25) is 0 Å². The van der Waals surface area contributed by atoms with E-state index in [2.05, 4.69) is 9.97 Å². The van der Waals surface area contributed by atoms with Crippen LogP contribution >= 0.6 is 0 Å². The van der Waals surface area contributed by atoms with Crippen LogP contribution < -0.4 is 11.2 Å². The van der Waals surface area contributed by atoms with Crippen LogP contribution in [0.3, 0.4) is 0 Å². The largest absolute Gasteiger partial charge is 0.403 e. The molecule has 0 radical (unpaired) electrons. The molecular weight excluding hydrogens is 287 g/mol. The Morgan fingerprint density at radius 2 is 2.14 bits per heavy atom. The molecule has 6 heteroatoms. The van der Waals surface area contributed by atoms with E-state index in [-0.39, 0.29) is 16.9 Å². The topological polar surface area (TPSA) is 76.0 Å². The summed E-state index contributed by atoms with van der Waals surface area (Å²) in [6.45, 7) is 1.27. The summed E-state index contributed by atoms with van der Waals surface area (Å²) < 4.78 is 18.3. The third-order valence-electron chi connectivity index (χ3n) is 4.39. The van der Waals surface area contributed by atoms with E-state index < -0.39 is 17.4 Å². The van der Waals surface area contributed by atoms with Crippen molar-refractivity contribution in [2.45, 2.75) is 51.6 Å². The van der Waals surface area contributed by atoms with Crippen molar-refractivity contribution in [1.82, 2.24) is 9.97 Å². The number of alkyl halides is 1. The molecule has 3 rings (SSSR count). The number of hydrogen-bond donors (Lipinski definition) is 1. The molecule has 2 aromatic rings. The van der Waals surface area contributed by atoms with Gasteiger partial charge in [0.15, 0.2) is 6.17 Å². The van der Waals surface area contributed by atoms with Gasteiger partial charge in [-0.1, -0.05) is 25.7 Å². The van der Waals surface area contributed by atoms with Crippen molar-refractivity contribution in [3.63, 3.8) is 0 Å². The molecule has 0 aromatic carbocycles. The normalized spacial score (nSPS) is 17.2. The molecule has 0 amide bonds. The fourth-order valence-electron chi connectivity index (χ4n) is 3.21. The Balaban J connectivity index is 2.01. The van der Waals surface area contributed by atoms with Crippen LogP contribution in [-0.4, -0.2) is 9.97 Å². The SMILES string of the molecule is CC(F)c1nc2oc(=O)cc(CCC3CCCC3)c2c(=O)[nH]1. The van der Waals surface area contributed by atoms with E-state index >= 15 is 0 Å². The molecule has 22 heavy (non-hydrogen) atoms. The molecule has 1 saturated carbocycles. The van der Waals surface area contributed by atoms with E-state index in [0.29, 0.717) is 17.9 Å². The maximum atomic E-state index is 13.3. The highest BCUT2D eigenvalue weighted by atomic mass is 19.1. The highest BCUT2D eigenvalue weighted by Crippen LogP contribution is 2.29. The van der Waals surface area contributed by atoms with Crippen LogP contribution in [0.25, 0.3) is 11.1 Å². The fourth-order valence-corrected chi connectivity index (χ4v) is 3.21. The molecule has 1 fully saturated rings. The van der Waals surface area contributed by atoms with Gasteiger partial charge in [0.1, 0.15) is 11.2 Å². The smallest absolute Gasteiger partial charge is 0.337 e. The van der Waals surface area contributed by atoms with Crippen LogP contribution in [0.5, 0.6) is 0 Å². The number of aromatic nitrogens is 2. The van der Waals surface area contributed by atoms with Gasteiger partial charge in [-0.15, -0.1) is 0 Å². The first kappa shape index (κ1) is 14.9. The predicted molar refractivity (Wildman–Crippen MR) is 80.7 cm³/mol. The minimum absolute atomic E-state index is 0.0721. The number of nitrogens with one attached hydrogen (secondary N) is 1. The van der Waals surface area contributed by atoms with Gasteiger partial charge in [-0.25, -0.2) is 9.18 Å². The molecule has 5 nitrogen and oxygen atoms in total. The minimum Gasteiger partial charge on any atom is -0.403 e. The standard InChI is InChI=1S/C16H19FN2O3/c1-9(17)14-18-15(21)13-11(7-6-10-4-2-3-5-10)8-12(20)22-16(13)19-14/h8-10H,2-7H2,1H3,(H,18,19,21). The average Bonchev–Trinajstić information content (AvgIpc) is 2.97. The Kier molecular flexibility index (Phi) is 4.09. The van der Waals surface area contributed by atoms with E-state index in [4.69, 9.17) is 4.42 Å². The predicted octanol–water partition coefficient (Wildman–Crippen LogP) is 3.03. The zero-order chi connectivity index (χ0) is 15.7. The maximum absolute atomic E-state index is 13.3. The van der Waals surface area contributed by atoms with Crippen LogP contribution in [0.4, 0.5) is 4.39 Å². The molecule has 1 atom stereocenters. The summed E-state index contributed by atoms with van der Waals surface area (Å²) in [5.41, 5.74) is -0.429. The van der Waals surface area contributed by atoms with Gasteiger partial charge in [0, 0.05) is 6.07 Å². The number of halogens is 1. The molecule has 0 aliphatic heterocycles. The highest BCUT2D eigenvalue weighted by molar-refractivity contribution is 5.75. The molecule has 2 aromatic heterocycles. The Bertz CT molecular complexity index is 788. The van der Waals surface area contributed by atoms with Gasteiger partial charge in [-0.2, -0.15) is 4.98 Å². The van der Waals surface area contributed by atoms with E-state index in [9.17, 15) is 14.0 Å². The second-order valence-corrected chi connectivity index (χ2v) is 6.03. The molecule has 1 aliphatic rings. The van der Waals surface area contributed by atoms with Gasteiger partial charge in [-0.3, -0.25) is 4.79 Å². The van der Waals surface area contributed by atoms with Gasteiger partial charge in [-0.05, 0) is 31.2 Å². The second kappa shape index (κ2) is 6.02. The van der Waals surface area contributed by atoms with Crippen LogP contribution in [-0.2, 0) is 6.42 Å². The third kappa shape index (κ3) is 2.96. The Morgan fingerprint density at radius 1 is 1.41 bits per heavy atom. The third-order valence-corrected chi connectivity index (χ3v) is 4.39. The highest BCUT2D eigenvalue weighted by Gasteiger charge is 2.18. The van der Waals surface area contributed by atoms with Gasteiger partial charge >= 0.3 is 5.63 Å². The van der Waals surface area contributed by atoms with Crippen LogP contribution in [0.15, 0.2) is 20.1 Å². The Hall–Kier alpha value is -1.98. The van der Waals surface area contributed by atoms with Crippen LogP contribution in [0.1, 0.15) is 56.6 Å². The van der Waals surface area contributed by atoms with Crippen molar-refractivity contribution >= 4 is 11.1 Å². The summed E-state index contributed by atoms with van der Waals surface area (Å²) in [5, 5.41) is 0.266. The summed E-state index contributed by atoms with van der Waals surface area (Å²) in [6, 6.07) is 1.35. The summed E-state index contributed by atoms with van der Waals surface area (Å²) >= 11 is 0. The number of H-pyrrole nitrogens is 1. The molecule has 0 saturated heterocycles. The lowest BCUT2D eigenvalue weighted by Crippen LogP contribution is -2.17. The summed E-state index contributed by atoms with van der Waals surface area (Å²) in [4.78, 5) is 30.3. The van der Waals surface area contributed by atoms with Gasteiger partial charge in [0.25, 0.3) is 5.56 Å². The summed E-state index contributed by atoms with van der Waals surface area (Å²) in [6.07, 6.45) is 5.07. The summed E-state index contributed by atoms with van der Waals surface area (Å²) in [7, 11) is 0. The molecule has 1 unspecified atom stereocenters.